The van der Waals surface area contributed by atoms with Crippen LogP contribution in [0, 0.1) is 0 Å². The van der Waals surface area contributed by atoms with Crippen LogP contribution in [0.15, 0.2) is 17.5 Å². The Balaban J connectivity index is 2.24. The first-order chi connectivity index (χ1) is 7.87. The molecule has 0 fully saturated rings. The third kappa shape index (κ3) is 6.28. The van der Waals surface area contributed by atoms with Crippen molar-refractivity contribution in [3.63, 3.8) is 0 Å². The molecule has 1 aromatic heterocycles. The number of carbonyl (C=O) groups is 1. The van der Waals surface area contributed by atoms with Crippen LogP contribution in [0.2, 0.25) is 0 Å². The highest BCUT2D eigenvalue weighted by Crippen LogP contribution is 2.10. The van der Waals surface area contributed by atoms with Crippen LogP contribution in [0.25, 0.3) is 0 Å². The predicted octanol–water partition coefficient (Wildman–Crippen LogP) is 2.14. The van der Waals surface area contributed by atoms with E-state index >= 15 is 0 Å². The van der Waals surface area contributed by atoms with Crippen molar-refractivity contribution in [2.24, 2.45) is 5.73 Å². The fourth-order valence-electron chi connectivity index (χ4n) is 1.29. The minimum Gasteiger partial charge on any atom is -0.444 e. The summed E-state index contributed by atoms with van der Waals surface area (Å²) in [5.41, 5.74) is 5.44. The third-order valence-electron chi connectivity index (χ3n) is 1.95. The number of alkyl carbamates (subject to hydrolysis) is 1. The summed E-state index contributed by atoms with van der Waals surface area (Å²) in [5.74, 6) is 0. The maximum Gasteiger partial charge on any atom is 0.407 e. The molecule has 0 saturated carbocycles. The van der Waals surface area contributed by atoms with Crippen LogP contribution >= 0.6 is 11.3 Å². The topological polar surface area (TPSA) is 64.3 Å². The Morgan fingerprint density at radius 3 is 2.82 bits per heavy atom. The van der Waals surface area contributed by atoms with Crippen molar-refractivity contribution < 1.29 is 9.53 Å². The normalized spacial score (nSPS) is 13.2. The number of thiophene rings is 1. The number of carbonyl (C=O) groups excluding carboxylic acids is 1. The van der Waals surface area contributed by atoms with Crippen LogP contribution in [-0.2, 0) is 11.2 Å². The van der Waals surface area contributed by atoms with E-state index in [1.165, 1.54) is 4.88 Å². The monoisotopic (exact) mass is 256 g/mol. The van der Waals surface area contributed by atoms with Crippen LogP contribution in [0.4, 0.5) is 4.79 Å². The Morgan fingerprint density at radius 2 is 2.29 bits per heavy atom. The zero-order valence-electron chi connectivity index (χ0n) is 10.5. The van der Waals surface area contributed by atoms with E-state index in [-0.39, 0.29) is 6.04 Å². The van der Waals surface area contributed by atoms with Crippen LogP contribution in [0.3, 0.4) is 0 Å². The van der Waals surface area contributed by atoms with Crippen molar-refractivity contribution in [2.75, 3.05) is 6.54 Å². The maximum atomic E-state index is 11.4. The van der Waals surface area contributed by atoms with Crippen molar-refractivity contribution in [1.82, 2.24) is 5.32 Å². The molecule has 1 amide bonds. The summed E-state index contributed by atoms with van der Waals surface area (Å²) >= 11 is 1.67. The van der Waals surface area contributed by atoms with Gasteiger partial charge < -0.3 is 15.8 Å². The highest BCUT2D eigenvalue weighted by molar-refractivity contribution is 7.09. The number of hydrogen-bond donors (Lipinski definition) is 2. The average molecular weight is 256 g/mol. The van der Waals surface area contributed by atoms with Gasteiger partial charge in [-0.25, -0.2) is 4.79 Å². The molecule has 0 aromatic carbocycles. The fraction of sp³-hybridized carbons (Fsp3) is 0.583. The Morgan fingerprint density at radius 1 is 1.59 bits per heavy atom. The summed E-state index contributed by atoms with van der Waals surface area (Å²) in [4.78, 5) is 12.6. The molecule has 0 bridgehead atoms. The molecule has 0 aliphatic heterocycles. The molecule has 1 aromatic rings. The van der Waals surface area contributed by atoms with Crippen LogP contribution < -0.4 is 11.1 Å². The van der Waals surface area contributed by atoms with E-state index < -0.39 is 11.7 Å². The quantitative estimate of drug-likeness (QED) is 0.867. The molecule has 1 atom stereocenters. The molecular weight excluding hydrogens is 236 g/mol. The first kappa shape index (κ1) is 14.0. The van der Waals surface area contributed by atoms with Crippen molar-refractivity contribution in [3.05, 3.63) is 22.4 Å². The van der Waals surface area contributed by atoms with Crippen LogP contribution in [-0.4, -0.2) is 24.3 Å². The van der Waals surface area contributed by atoms with Crippen LogP contribution in [0.5, 0.6) is 0 Å². The van der Waals surface area contributed by atoms with E-state index in [1.807, 2.05) is 38.3 Å². The molecule has 0 unspecified atom stereocenters. The number of nitrogens with two attached hydrogens (primary N) is 1. The summed E-state index contributed by atoms with van der Waals surface area (Å²) in [6.07, 6.45) is 0.354. The van der Waals surface area contributed by atoms with E-state index in [4.69, 9.17) is 10.5 Å². The molecule has 1 heterocycles. The average Bonchev–Trinajstić information content (AvgIpc) is 2.64. The number of ether oxygens (including phenoxy) is 1. The van der Waals surface area contributed by atoms with Gasteiger partial charge in [0.1, 0.15) is 5.60 Å². The Hall–Kier alpha value is -1.07. The van der Waals surface area contributed by atoms with Gasteiger partial charge >= 0.3 is 6.09 Å². The SMILES string of the molecule is CC(C)(C)OC(=O)NC[C@@H](N)Cc1cccs1. The first-order valence-corrected chi connectivity index (χ1v) is 6.49. The second-order valence-electron chi connectivity index (χ2n) is 4.93. The zero-order chi connectivity index (χ0) is 12.9. The summed E-state index contributed by atoms with van der Waals surface area (Å²) in [6.45, 7) is 5.92. The summed E-state index contributed by atoms with van der Waals surface area (Å²) in [6, 6.07) is 3.95. The van der Waals surface area contributed by atoms with E-state index in [1.54, 1.807) is 11.3 Å². The van der Waals surface area contributed by atoms with E-state index in [2.05, 4.69) is 5.32 Å². The van der Waals surface area contributed by atoms with Gasteiger partial charge in [-0.15, -0.1) is 11.3 Å². The molecule has 96 valence electrons. The van der Waals surface area contributed by atoms with E-state index in [0.717, 1.165) is 6.42 Å². The highest BCUT2D eigenvalue weighted by atomic mass is 32.1. The molecule has 0 spiro atoms. The minimum absolute atomic E-state index is 0.0823. The molecule has 1 rings (SSSR count). The van der Waals surface area contributed by atoms with Gasteiger partial charge in [0.25, 0.3) is 0 Å². The lowest BCUT2D eigenvalue weighted by molar-refractivity contribution is 0.0524. The number of hydrogen-bond acceptors (Lipinski definition) is 4. The Labute approximate surface area is 106 Å². The van der Waals surface area contributed by atoms with Crippen molar-refractivity contribution in [2.45, 2.75) is 38.8 Å². The van der Waals surface area contributed by atoms with Gasteiger partial charge in [0.15, 0.2) is 0 Å². The lowest BCUT2D eigenvalue weighted by Crippen LogP contribution is -2.40. The lowest BCUT2D eigenvalue weighted by Gasteiger charge is -2.20. The Bertz CT molecular complexity index is 344. The van der Waals surface area contributed by atoms with Gasteiger partial charge in [0.05, 0.1) is 0 Å². The van der Waals surface area contributed by atoms with E-state index in [9.17, 15) is 4.79 Å². The fourth-order valence-corrected chi connectivity index (χ4v) is 2.09. The molecule has 0 aliphatic rings. The minimum atomic E-state index is -0.470. The van der Waals surface area contributed by atoms with Crippen molar-refractivity contribution >= 4 is 17.4 Å². The maximum absolute atomic E-state index is 11.4. The smallest absolute Gasteiger partial charge is 0.407 e. The van der Waals surface area contributed by atoms with Gasteiger partial charge in [0, 0.05) is 17.5 Å². The molecular formula is C12H20N2O2S. The Kier molecular flexibility index (Phi) is 4.96. The van der Waals surface area contributed by atoms with Gasteiger partial charge in [0.2, 0.25) is 0 Å². The highest BCUT2D eigenvalue weighted by Gasteiger charge is 2.16. The lowest BCUT2D eigenvalue weighted by atomic mass is 10.2. The standard InChI is InChI=1S/C12H20N2O2S/c1-12(2,3)16-11(15)14-8-9(13)7-10-5-4-6-17-10/h4-6,9H,7-8,13H2,1-3H3,(H,14,15)/t9-/m0/s1. The molecule has 0 saturated heterocycles. The summed E-state index contributed by atoms with van der Waals surface area (Å²) in [7, 11) is 0. The first-order valence-electron chi connectivity index (χ1n) is 5.61. The molecule has 17 heavy (non-hydrogen) atoms. The van der Waals surface area contributed by atoms with Crippen LogP contribution in [0.1, 0.15) is 25.6 Å². The van der Waals surface area contributed by atoms with Gasteiger partial charge in [-0.1, -0.05) is 6.07 Å². The number of rotatable bonds is 4. The molecule has 5 heteroatoms. The van der Waals surface area contributed by atoms with Gasteiger partial charge in [-0.2, -0.15) is 0 Å². The molecule has 3 N–H and O–H groups in total. The number of amides is 1. The second-order valence-corrected chi connectivity index (χ2v) is 5.96. The molecule has 4 nitrogen and oxygen atoms in total. The zero-order valence-corrected chi connectivity index (χ0v) is 11.3. The summed E-state index contributed by atoms with van der Waals surface area (Å²) < 4.78 is 5.12. The van der Waals surface area contributed by atoms with Gasteiger partial charge in [-0.3, -0.25) is 0 Å². The van der Waals surface area contributed by atoms with Gasteiger partial charge in [-0.05, 0) is 38.6 Å². The van der Waals surface area contributed by atoms with Crippen molar-refractivity contribution in [3.8, 4) is 0 Å². The van der Waals surface area contributed by atoms with Crippen molar-refractivity contribution in [1.29, 1.82) is 0 Å². The summed E-state index contributed by atoms with van der Waals surface area (Å²) in [5, 5.41) is 4.69. The molecule has 0 aliphatic carbocycles. The van der Waals surface area contributed by atoms with E-state index in [0.29, 0.717) is 6.54 Å². The third-order valence-corrected chi connectivity index (χ3v) is 2.85. The number of nitrogens with one attached hydrogen (secondary N) is 1. The molecule has 0 radical (unpaired) electrons. The second kappa shape index (κ2) is 6.02. The largest absolute Gasteiger partial charge is 0.444 e. The predicted molar refractivity (Wildman–Crippen MR) is 70.2 cm³/mol.